The summed E-state index contributed by atoms with van der Waals surface area (Å²) in [5, 5.41) is 0. The van der Waals surface area contributed by atoms with Gasteiger partial charge in [-0.2, -0.15) is 0 Å². The van der Waals surface area contributed by atoms with E-state index in [0.717, 1.165) is 0 Å². The van der Waals surface area contributed by atoms with Crippen LogP contribution in [0, 0.1) is 24.5 Å². The Hall–Kier alpha value is -0.960. The number of rotatable bonds is 3. The van der Waals surface area contributed by atoms with Crippen molar-refractivity contribution in [3.63, 3.8) is 0 Å². The average Bonchev–Trinajstić information content (AvgIpc) is 2.13. The fourth-order valence-electron chi connectivity index (χ4n) is 1.58. The van der Waals surface area contributed by atoms with E-state index in [-0.39, 0.29) is 5.56 Å². The van der Waals surface area contributed by atoms with Gasteiger partial charge in [-0.05, 0) is 24.8 Å². The van der Waals surface area contributed by atoms with Gasteiger partial charge in [0.1, 0.15) is 0 Å². The van der Waals surface area contributed by atoms with Crippen molar-refractivity contribution in [3.8, 4) is 0 Å². The Morgan fingerprint density at radius 1 is 1.20 bits per heavy atom. The quantitative estimate of drug-likeness (QED) is 0.819. The largest absolute Gasteiger partial charge is 0.324 e. The zero-order valence-electron chi connectivity index (χ0n) is 9.35. The molecule has 1 rings (SSSR count). The van der Waals surface area contributed by atoms with Crippen molar-refractivity contribution >= 4 is 0 Å². The van der Waals surface area contributed by atoms with Gasteiger partial charge in [0, 0.05) is 11.6 Å². The molecule has 0 amide bonds. The predicted octanol–water partition coefficient (Wildman–Crippen LogP) is 3.32. The molecule has 1 aromatic carbocycles. The number of benzene rings is 1. The molecule has 0 heterocycles. The third-order valence-corrected chi connectivity index (χ3v) is 2.43. The summed E-state index contributed by atoms with van der Waals surface area (Å²) in [7, 11) is 0. The number of hydrogen-bond acceptors (Lipinski definition) is 1. The van der Waals surface area contributed by atoms with Gasteiger partial charge in [0.15, 0.2) is 11.6 Å². The van der Waals surface area contributed by atoms with Crippen molar-refractivity contribution in [2.45, 2.75) is 33.2 Å². The molecule has 2 N–H and O–H groups in total. The first kappa shape index (κ1) is 12.1. The lowest BCUT2D eigenvalue weighted by Crippen LogP contribution is -2.15. The average molecular weight is 213 g/mol. The molecule has 3 heteroatoms. The van der Waals surface area contributed by atoms with Crippen LogP contribution in [0.5, 0.6) is 0 Å². The van der Waals surface area contributed by atoms with Crippen molar-refractivity contribution in [3.05, 3.63) is 34.9 Å². The van der Waals surface area contributed by atoms with Crippen LogP contribution in [0.2, 0.25) is 0 Å². The molecule has 0 aliphatic rings. The second kappa shape index (κ2) is 4.71. The standard InChI is InChI=1S/C12H17F2N/c1-7(2)6-10(15)9-5-4-8(3)11(13)12(9)14/h4-5,7,10H,6,15H2,1-3H3/t10-/m0/s1. The highest BCUT2D eigenvalue weighted by Gasteiger charge is 2.17. The summed E-state index contributed by atoms with van der Waals surface area (Å²) >= 11 is 0. The van der Waals surface area contributed by atoms with E-state index in [9.17, 15) is 8.78 Å². The topological polar surface area (TPSA) is 26.0 Å². The molecule has 0 fully saturated rings. The highest BCUT2D eigenvalue weighted by molar-refractivity contribution is 5.27. The van der Waals surface area contributed by atoms with Crippen molar-refractivity contribution in [1.29, 1.82) is 0 Å². The summed E-state index contributed by atoms with van der Waals surface area (Å²) < 4.78 is 26.8. The molecule has 0 bridgehead atoms. The summed E-state index contributed by atoms with van der Waals surface area (Å²) in [6.07, 6.45) is 0.652. The first-order valence-electron chi connectivity index (χ1n) is 5.13. The molecule has 1 atom stereocenters. The second-order valence-corrected chi connectivity index (χ2v) is 4.34. The lowest BCUT2D eigenvalue weighted by molar-refractivity contribution is 0.456. The normalized spacial score (nSPS) is 13.3. The van der Waals surface area contributed by atoms with Gasteiger partial charge in [0.2, 0.25) is 0 Å². The van der Waals surface area contributed by atoms with Gasteiger partial charge in [0.25, 0.3) is 0 Å². The van der Waals surface area contributed by atoms with Crippen LogP contribution in [0.3, 0.4) is 0 Å². The molecule has 0 radical (unpaired) electrons. The Labute approximate surface area is 89.3 Å². The lowest BCUT2D eigenvalue weighted by Gasteiger charge is -2.16. The monoisotopic (exact) mass is 213 g/mol. The maximum Gasteiger partial charge on any atom is 0.163 e. The maximum atomic E-state index is 13.5. The summed E-state index contributed by atoms with van der Waals surface area (Å²) in [5.41, 5.74) is 6.39. The molecular weight excluding hydrogens is 196 g/mol. The van der Waals surface area contributed by atoms with Gasteiger partial charge < -0.3 is 5.73 Å². The number of halogens is 2. The van der Waals surface area contributed by atoms with E-state index >= 15 is 0 Å². The van der Waals surface area contributed by atoms with Crippen molar-refractivity contribution in [2.24, 2.45) is 11.7 Å². The third-order valence-electron chi connectivity index (χ3n) is 2.43. The molecule has 0 saturated carbocycles. The zero-order chi connectivity index (χ0) is 11.6. The molecule has 0 aliphatic carbocycles. The van der Waals surface area contributed by atoms with Gasteiger partial charge in [-0.15, -0.1) is 0 Å². The van der Waals surface area contributed by atoms with Gasteiger partial charge >= 0.3 is 0 Å². The predicted molar refractivity (Wildman–Crippen MR) is 57.5 cm³/mol. The van der Waals surface area contributed by atoms with Crippen molar-refractivity contribution < 1.29 is 8.78 Å². The van der Waals surface area contributed by atoms with E-state index in [2.05, 4.69) is 0 Å². The minimum atomic E-state index is -0.803. The lowest BCUT2D eigenvalue weighted by atomic mass is 9.96. The molecule has 1 nitrogen and oxygen atoms in total. The molecule has 0 aromatic heterocycles. The van der Waals surface area contributed by atoms with Crippen LogP contribution < -0.4 is 5.73 Å². The first-order chi connectivity index (χ1) is 6.93. The molecule has 0 aliphatic heterocycles. The van der Waals surface area contributed by atoms with Crippen LogP contribution in [-0.4, -0.2) is 0 Å². The van der Waals surface area contributed by atoms with Crippen LogP contribution >= 0.6 is 0 Å². The summed E-state index contributed by atoms with van der Waals surface area (Å²) in [6, 6.07) is 2.70. The highest BCUT2D eigenvalue weighted by Crippen LogP contribution is 2.24. The number of aryl methyl sites for hydroxylation is 1. The van der Waals surface area contributed by atoms with E-state index < -0.39 is 17.7 Å². The Bertz CT molecular complexity index is 348. The fourth-order valence-corrected chi connectivity index (χ4v) is 1.58. The van der Waals surface area contributed by atoms with E-state index in [1.165, 1.54) is 6.92 Å². The van der Waals surface area contributed by atoms with Gasteiger partial charge in [-0.25, -0.2) is 8.78 Å². The third kappa shape index (κ3) is 2.75. The van der Waals surface area contributed by atoms with E-state index in [4.69, 9.17) is 5.73 Å². The van der Waals surface area contributed by atoms with Crippen molar-refractivity contribution in [2.75, 3.05) is 0 Å². The molecular formula is C12H17F2N. The van der Waals surface area contributed by atoms with Crippen LogP contribution in [0.4, 0.5) is 8.78 Å². The summed E-state index contributed by atoms with van der Waals surface area (Å²) in [5.74, 6) is -1.22. The molecule has 0 saturated heterocycles. The number of hydrogen-bond donors (Lipinski definition) is 1. The van der Waals surface area contributed by atoms with Gasteiger partial charge in [0.05, 0.1) is 0 Å². The van der Waals surface area contributed by atoms with Crippen molar-refractivity contribution in [1.82, 2.24) is 0 Å². The van der Waals surface area contributed by atoms with E-state index in [1.54, 1.807) is 12.1 Å². The summed E-state index contributed by atoms with van der Waals surface area (Å²) in [4.78, 5) is 0. The summed E-state index contributed by atoms with van der Waals surface area (Å²) in [6.45, 7) is 5.54. The Kier molecular flexibility index (Phi) is 3.80. The first-order valence-corrected chi connectivity index (χ1v) is 5.13. The van der Waals surface area contributed by atoms with Gasteiger partial charge in [-0.3, -0.25) is 0 Å². The highest BCUT2D eigenvalue weighted by atomic mass is 19.2. The fraction of sp³-hybridized carbons (Fsp3) is 0.500. The van der Waals surface area contributed by atoms with E-state index in [0.29, 0.717) is 17.9 Å². The smallest absolute Gasteiger partial charge is 0.163 e. The maximum absolute atomic E-state index is 13.5. The molecule has 15 heavy (non-hydrogen) atoms. The van der Waals surface area contributed by atoms with Gasteiger partial charge in [-0.1, -0.05) is 26.0 Å². The van der Waals surface area contributed by atoms with Crippen LogP contribution in [-0.2, 0) is 0 Å². The Morgan fingerprint density at radius 2 is 1.80 bits per heavy atom. The molecule has 84 valence electrons. The van der Waals surface area contributed by atoms with Crippen LogP contribution in [0.25, 0.3) is 0 Å². The molecule has 0 unspecified atom stereocenters. The Balaban J connectivity index is 3.00. The minimum Gasteiger partial charge on any atom is -0.324 e. The molecule has 1 aromatic rings. The zero-order valence-corrected chi connectivity index (χ0v) is 9.35. The molecule has 0 spiro atoms. The second-order valence-electron chi connectivity index (χ2n) is 4.34. The van der Waals surface area contributed by atoms with Crippen LogP contribution in [0.15, 0.2) is 12.1 Å². The Morgan fingerprint density at radius 3 is 2.33 bits per heavy atom. The SMILES string of the molecule is Cc1ccc([C@@H](N)CC(C)C)c(F)c1F. The van der Waals surface area contributed by atoms with E-state index in [1.807, 2.05) is 13.8 Å². The number of nitrogens with two attached hydrogens (primary N) is 1. The van der Waals surface area contributed by atoms with Crippen LogP contribution in [0.1, 0.15) is 37.4 Å². The minimum absolute atomic E-state index is 0.270.